The lowest BCUT2D eigenvalue weighted by molar-refractivity contribution is -0.133. The summed E-state index contributed by atoms with van der Waals surface area (Å²) >= 11 is 0. The molecule has 1 aliphatic carbocycles. The third kappa shape index (κ3) is 4.08. The second-order valence-corrected chi connectivity index (χ2v) is 7.46. The van der Waals surface area contributed by atoms with Crippen LogP contribution in [0.3, 0.4) is 0 Å². The Bertz CT molecular complexity index is 811. The first-order valence-electron chi connectivity index (χ1n) is 10.1. The molecule has 5 heteroatoms. The largest absolute Gasteiger partial charge is 0.497 e. The number of piperazine rings is 1. The maximum Gasteiger partial charge on any atom is 0.260 e. The first-order chi connectivity index (χ1) is 13.7. The van der Waals surface area contributed by atoms with Gasteiger partial charge in [-0.3, -0.25) is 4.79 Å². The Balaban J connectivity index is 1.30. The zero-order valence-corrected chi connectivity index (χ0v) is 16.5. The predicted octanol–water partition coefficient (Wildman–Crippen LogP) is 3.30. The molecule has 2 aromatic carbocycles. The summed E-state index contributed by atoms with van der Waals surface area (Å²) in [6.45, 7) is 3.23. The summed E-state index contributed by atoms with van der Waals surface area (Å²) < 4.78 is 11.2. The first kappa shape index (κ1) is 18.7. The Morgan fingerprint density at radius 3 is 2.46 bits per heavy atom. The van der Waals surface area contributed by atoms with E-state index in [1.165, 1.54) is 29.7 Å². The molecule has 0 radical (unpaired) electrons. The van der Waals surface area contributed by atoms with E-state index in [1.807, 2.05) is 29.2 Å². The van der Waals surface area contributed by atoms with E-state index in [4.69, 9.17) is 9.47 Å². The van der Waals surface area contributed by atoms with Crippen LogP contribution in [0.25, 0.3) is 0 Å². The van der Waals surface area contributed by atoms with Gasteiger partial charge in [-0.05, 0) is 67.1 Å². The van der Waals surface area contributed by atoms with Crippen LogP contribution >= 0.6 is 0 Å². The minimum atomic E-state index is 0.0720. The molecule has 1 heterocycles. The fourth-order valence-corrected chi connectivity index (χ4v) is 4.12. The fourth-order valence-electron chi connectivity index (χ4n) is 4.12. The molecule has 2 aromatic rings. The zero-order valence-electron chi connectivity index (χ0n) is 16.5. The lowest BCUT2D eigenvalue weighted by Gasteiger charge is -2.36. The number of fused-ring (bicyclic) bond motifs is 1. The highest BCUT2D eigenvalue weighted by Crippen LogP contribution is 2.29. The Kier molecular flexibility index (Phi) is 5.70. The highest BCUT2D eigenvalue weighted by atomic mass is 16.5. The van der Waals surface area contributed by atoms with Crippen LogP contribution in [0.5, 0.6) is 11.5 Å². The van der Waals surface area contributed by atoms with E-state index in [1.54, 1.807) is 7.11 Å². The van der Waals surface area contributed by atoms with E-state index in [9.17, 15) is 4.79 Å². The van der Waals surface area contributed by atoms with E-state index in [-0.39, 0.29) is 12.5 Å². The number of benzene rings is 2. The Labute approximate surface area is 166 Å². The molecular formula is C23H28N2O3. The summed E-state index contributed by atoms with van der Waals surface area (Å²) in [5, 5.41) is 0. The maximum absolute atomic E-state index is 12.6. The molecule has 0 bridgehead atoms. The van der Waals surface area contributed by atoms with Crippen molar-refractivity contribution in [2.45, 2.75) is 25.7 Å². The topological polar surface area (TPSA) is 42.0 Å². The number of nitrogens with zero attached hydrogens (tertiary/aromatic N) is 2. The number of carbonyl (C=O) groups excluding carboxylic acids is 1. The summed E-state index contributed by atoms with van der Waals surface area (Å²) in [5.41, 5.74) is 3.84. The minimum absolute atomic E-state index is 0.0720. The van der Waals surface area contributed by atoms with E-state index in [0.29, 0.717) is 0 Å². The summed E-state index contributed by atoms with van der Waals surface area (Å²) in [7, 11) is 1.67. The quantitative estimate of drug-likeness (QED) is 0.798. The number of carbonyl (C=O) groups is 1. The van der Waals surface area contributed by atoms with Crippen LogP contribution < -0.4 is 14.4 Å². The molecule has 1 saturated heterocycles. The highest BCUT2D eigenvalue weighted by molar-refractivity contribution is 5.78. The molecule has 0 spiro atoms. The number of methoxy groups -OCH3 is 1. The minimum Gasteiger partial charge on any atom is -0.497 e. The van der Waals surface area contributed by atoms with Crippen LogP contribution in [0.4, 0.5) is 5.69 Å². The van der Waals surface area contributed by atoms with Crippen molar-refractivity contribution in [3.63, 3.8) is 0 Å². The van der Waals surface area contributed by atoms with Crippen LogP contribution in [0.1, 0.15) is 24.0 Å². The van der Waals surface area contributed by atoms with E-state index in [2.05, 4.69) is 23.1 Å². The van der Waals surface area contributed by atoms with Gasteiger partial charge in [0.2, 0.25) is 0 Å². The van der Waals surface area contributed by atoms with Crippen molar-refractivity contribution in [2.75, 3.05) is 44.8 Å². The highest BCUT2D eigenvalue weighted by Gasteiger charge is 2.22. The van der Waals surface area contributed by atoms with Crippen LogP contribution in [0.2, 0.25) is 0 Å². The van der Waals surface area contributed by atoms with Gasteiger partial charge in [0.1, 0.15) is 11.5 Å². The van der Waals surface area contributed by atoms with Gasteiger partial charge in [0, 0.05) is 31.9 Å². The average molecular weight is 380 g/mol. The van der Waals surface area contributed by atoms with Gasteiger partial charge >= 0.3 is 0 Å². The number of rotatable bonds is 5. The van der Waals surface area contributed by atoms with Crippen molar-refractivity contribution in [2.24, 2.45) is 0 Å². The van der Waals surface area contributed by atoms with Crippen molar-refractivity contribution >= 4 is 11.6 Å². The second kappa shape index (κ2) is 8.55. The van der Waals surface area contributed by atoms with Crippen molar-refractivity contribution in [1.82, 2.24) is 4.90 Å². The lowest BCUT2D eigenvalue weighted by Crippen LogP contribution is -2.50. The molecule has 1 aliphatic heterocycles. The van der Waals surface area contributed by atoms with Crippen LogP contribution in [-0.2, 0) is 17.6 Å². The van der Waals surface area contributed by atoms with Gasteiger partial charge < -0.3 is 19.3 Å². The maximum atomic E-state index is 12.6. The molecule has 0 N–H and O–H groups in total. The van der Waals surface area contributed by atoms with Crippen molar-refractivity contribution in [3.05, 3.63) is 53.6 Å². The number of hydrogen-bond acceptors (Lipinski definition) is 4. The molecule has 5 nitrogen and oxygen atoms in total. The SMILES string of the molecule is COc1ccc(N2CCN(C(=O)COc3cccc4c3CCCC4)CC2)cc1. The molecule has 0 saturated carbocycles. The number of hydrogen-bond donors (Lipinski definition) is 0. The monoisotopic (exact) mass is 380 g/mol. The average Bonchev–Trinajstić information content (AvgIpc) is 2.77. The van der Waals surface area contributed by atoms with Gasteiger partial charge in [0.05, 0.1) is 7.11 Å². The van der Waals surface area contributed by atoms with Crippen molar-refractivity contribution in [1.29, 1.82) is 0 Å². The summed E-state index contributed by atoms with van der Waals surface area (Å²) in [4.78, 5) is 16.8. The number of anilines is 1. The van der Waals surface area contributed by atoms with E-state index >= 15 is 0 Å². The molecule has 1 fully saturated rings. The third-order valence-corrected chi connectivity index (χ3v) is 5.77. The number of ether oxygens (including phenoxy) is 2. The molecular weight excluding hydrogens is 352 g/mol. The summed E-state index contributed by atoms with van der Waals surface area (Å²) in [5.74, 6) is 1.82. The fraction of sp³-hybridized carbons (Fsp3) is 0.435. The van der Waals surface area contributed by atoms with Crippen molar-refractivity contribution in [3.8, 4) is 11.5 Å². The third-order valence-electron chi connectivity index (χ3n) is 5.77. The standard InChI is InChI=1S/C23H28N2O3/c1-27-20-11-9-19(10-12-20)24-13-15-25(16-14-24)23(26)17-28-22-8-4-6-18-5-2-3-7-21(18)22/h4,6,8-12H,2-3,5,7,13-17H2,1H3. The first-order valence-corrected chi connectivity index (χ1v) is 10.1. The van der Waals surface area contributed by atoms with Gasteiger partial charge in [-0.25, -0.2) is 0 Å². The molecule has 4 rings (SSSR count). The molecule has 0 atom stereocenters. The summed E-state index contributed by atoms with van der Waals surface area (Å²) in [6.07, 6.45) is 4.62. The molecule has 0 aromatic heterocycles. The van der Waals surface area contributed by atoms with Gasteiger partial charge in [0.15, 0.2) is 6.61 Å². The van der Waals surface area contributed by atoms with E-state index in [0.717, 1.165) is 50.5 Å². The number of aryl methyl sites for hydroxylation is 1. The molecule has 148 valence electrons. The van der Waals surface area contributed by atoms with Gasteiger partial charge in [0.25, 0.3) is 5.91 Å². The van der Waals surface area contributed by atoms with Crippen molar-refractivity contribution < 1.29 is 14.3 Å². The second-order valence-electron chi connectivity index (χ2n) is 7.46. The van der Waals surface area contributed by atoms with Gasteiger partial charge in [-0.1, -0.05) is 12.1 Å². The summed E-state index contributed by atoms with van der Waals surface area (Å²) in [6, 6.07) is 14.3. The van der Waals surface area contributed by atoms with E-state index < -0.39 is 0 Å². The van der Waals surface area contributed by atoms with Crippen LogP contribution in [0, 0.1) is 0 Å². The van der Waals surface area contributed by atoms with Crippen LogP contribution in [-0.4, -0.2) is 50.7 Å². The Morgan fingerprint density at radius 1 is 0.964 bits per heavy atom. The molecule has 2 aliphatic rings. The Morgan fingerprint density at radius 2 is 1.71 bits per heavy atom. The van der Waals surface area contributed by atoms with Gasteiger partial charge in [-0.2, -0.15) is 0 Å². The number of amides is 1. The normalized spacial score (nSPS) is 16.5. The van der Waals surface area contributed by atoms with Gasteiger partial charge in [-0.15, -0.1) is 0 Å². The predicted molar refractivity (Wildman–Crippen MR) is 110 cm³/mol. The zero-order chi connectivity index (χ0) is 19.3. The molecule has 1 amide bonds. The van der Waals surface area contributed by atoms with Crippen LogP contribution in [0.15, 0.2) is 42.5 Å². The smallest absolute Gasteiger partial charge is 0.260 e. The Hall–Kier alpha value is -2.69. The molecule has 28 heavy (non-hydrogen) atoms. The molecule has 0 unspecified atom stereocenters. The lowest BCUT2D eigenvalue weighted by atomic mass is 9.91.